The lowest BCUT2D eigenvalue weighted by atomic mass is 9.98. The van der Waals surface area contributed by atoms with E-state index >= 15 is 0 Å². The summed E-state index contributed by atoms with van der Waals surface area (Å²) in [6.45, 7) is -0.814. The van der Waals surface area contributed by atoms with E-state index in [9.17, 15) is 30.6 Å². The Bertz CT molecular complexity index is 349. The number of aliphatic hydroxyl groups is 7. The minimum absolute atomic E-state index is 0.167. The van der Waals surface area contributed by atoms with Crippen LogP contribution in [0.5, 0.6) is 0 Å². The minimum atomic E-state index is -1.69. The number of hydrogen-bond donors (Lipinski definition) is 8. The van der Waals surface area contributed by atoms with Crippen LogP contribution in [0.2, 0.25) is 0 Å². The summed E-state index contributed by atoms with van der Waals surface area (Å²) in [4.78, 5) is 0. The molecule has 136 valence electrons. The summed E-state index contributed by atoms with van der Waals surface area (Å²) in [5.41, 5.74) is 5.39. The monoisotopic (exact) mass is 341 g/mol. The van der Waals surface area contributed by atoms with Gasteiger partial charge in [0.15, 0.2) is 12.6 Å². The van der Waals surface area contributed by atoms with Crippen molar-refractivity contribution in [2.24, 2.45) is 5.73 Å². The Labute approximate surface area is 131 Å². The second-order valence-electron chi connectivity index (χ2n) is 5.58. The molecule has 4 unspecified atom stereocenters. The van der Waals surface area contributed by atoms with Gasteiger partial charge in [-0.1, -0.05) is 0 Å². The molecule has 2 fully saturated rings. The molecule has 0 amide bonds. The summed E-state index contributed by atoms with van der Waals surface area (Å²) in [7, 11) is 0. The van der Waals surface area contributed by atoms with E-state index in [0.717, 1.165) is 0 Å². The van der Waals surface area contributed by atoms with Crippen LogP contribution in [0.15, 0.2) is 0 Å². The van der Waals surface area contributed by atoms with Crippen molar-refractivity contribution < 1.29 is 50.0 Å². The maximum atomic E-state index is 9.88. The number of nitrogens with two attached hydrogens (primary N) is 1. The van der Waals surface area contributed by atoms with Crippen molar-refractivity contribution in [3.05, 3.63) is 0 Å². The molecule has 0 aliphatic carbocycles. The summed E-state index contributed by atoms with van der Waals surface area (Å²) < 4.78 is 15.5. The summed E-state index contributed by atoms with van der Waals surface area (Å²) in [5, 5.41) is 67.6. The second kappa shape index (κ2) is 7.63. The first-order valence-corrected chi connectivity index (χ1v) is 7.17. The van der Waals surface area contributed by atoms with Gasteiger partial charge in [-0.25, -0.2) is 0 Å². The molecule has 0 aromatic heterocycles. The number of aliphatic hydroxyl groups excluding tert-OH is 7. The zero-order valence-corrected chi connectivity index (χ0v) is 12.1. The van der Waals surface area contributed by atoms with E-state index in [-0.39, 0.29) is 6.54 Å². The molecule has 0 radical (unpaired) electrons. The predicted molar refractivity (Wildman–Crippen MR) is 70.6 cm³/mol. The average molecular weight is 341 g/mol. The smallest absolute Gasteiger partial charge is 0.189 e. The van der Waals surface area contributed by atoms with Crippen molar-refractivity contribution in [2.75, 3.05) is 13.2 Å². The fourth-order valence-electron chi connectivity index (χ4n) is 2.54. The zero-order chi connectivity index (χ0) is 17.3. The van der Waals surface area contributed by atoms with E-state index in [2.05, 4.69) is 0 Å². The first kappa shape index (κ1) is 18.9. The molecule has 11 heteroatoms. The second-order valence-corrected chi connectivity index (χ2v) is 5.58. The molecule has 11 nitrogen and oxygen atoms in total. The van der Waals surface area contributed by atoms with Crippen LogP contribution in [0, 0.1) is 0 Å². The highest BCUT2D eigenvalue weighted by atomic mass is 16.8. The molecular weight excluding hydrogens is 318 g/mol. The summed E-state index contributed by atoms with van der Waals surface area (Å²) in [5.74, 6) is 0. The van der Waals surface area contributed by atoms with Crippen molar-refractivity contribution in [2.45, 2.75) is 61.4 Å². The third kappa shape index (κ3) is 3.65. The molecule has 2 aliphatic rings. The minimum Gasteiger partial charge on any atom is -0.394 e. The quantitative estimate of drug-likeness (QED) is 0.243. The number of ether oxygens (including phenoxy) is 3. The molecule has 2 aliphatic heterocycles. The molecule has 9 N–H and O–H groups in total. The Morgan fingerprint density at radius 1 is 0.696 bits per heavy atom. The Kier molecular flexibility index (Phi) is 6.27. The Morgan fingerprint density at radius 2 is 1.13 bits per heavy atom. The summed E-state index contributed by atoms with van der Waals surface area (Å²) >= 11 is 0. The number of hydrogen-bond acceptors (Lipinski definition) is 11. The van der Waals surface area contributed by atoms with Crippen LogP contribution in [0.25, 0.3) is 0 Å². The molecule has 0 bridgehead atoms. The van der Waals surface area contributed by atoms with Crippen LogP contribution in [-0.4, -0.2) is 110 Å². The van der Waals surface area contributed by atoms with Gasteiger partial charge < -0.3 is 55.7 Å². The topological polar surface area (TPSA) is 195 Å². The van der Waals surface area contributed by atoms with Crippen molar-refractivity contribution in [1.29, 1.82) is 0 Å². The zero-order valence-electron chi connectivity index (χ0n) is 12.1. The van der Waals surface area contributed by atoms with E-state index < -0.39 is 68.0 Å². The fraction of sp³-hybridized carbons (Fsp3) is 1.00. The normalized spacial score (nSPS) is 51.7. The molecule has 0 aromatic carbocycles. The van der Waals surface area contributed by atoms with Crippen molar-refractivity contribution >= 4 is 0 Å². The van der Waals surface area contributed by atoms with Crippen molar-refractivity contribution in [3.8, 4) is 0 Å². The molecule has 23 heavy (non-hydrogen) atoms. The molecule has 2 heterocycles. The van der Waals surface area contributed by atoms with Crippen LogP contribution in [-0.2, 0) is 14.2 Å². The van der Waals surface area contributed by atoms with Gasteiger partial charge >= 0.3 is 0 Å². The molecule has 2 saturated heterocycles. The van der Waals surface area contributed by atoms with E-state index in [4.69, 9.17) is 25.1 Å². The molecular formula is C12H23NO10. The van der Waals surface area contributed by atoms with Crippen LogP contribution in [0.3, 0.4) is 0 Å². The van der Waals surface area contributed by atoms with Gasteiger partial charge in [0.05, 0.1) is 6.61 Å². The lowest BCUT2D eigenvalue weighted by Gasteiger charge is -2.44. The standard InChI is InChI=1S/C12H23NO10/c13-1-3-5(15)7(17)9(19)11(21-3)23-12-10(20)8(18)6(16)4(2-14)22-12/h3-12,14-20H,1-2,13H2/t3?,4?,5-,6-,7+,8?,9?,10-,11-,12-/m1/s1. The first-order chi connectivity index (χ1) is 10.8. The van der Waals surface area contributed by atoms with E-state index in [0.29, 0.717) is 0 Å². The van der Waals surface area contributed by atoms with Crippen molar-refractivity contribution in [3.63, 3.8) is 0 Å². The van der Waals surface area contributed by atoms with Gasteiger partial charge in [-0.2, -0.15) is 0 Å². The van der Waals surface area contributed by atoms with E-state index in [1.165, 1.54) is 0 Å². The van der Waals surface area contributed by atoms with Crippen LogP contribution < -0.4 is 5.73 Å². The maximum absolute atomic E-state index is 9.88. The Morgan fingerprint density at radius 3 is 1.57 bits per heavy atom. The molecule has 0 spiro atoms. The summed E-state index contributed by atoms with van der Waals surface area (Å²) in [6, 6.07) is 0. The maximum Gasteiger partial charge on any atom is 0.189 e. The van der Waals surface area contributed by atoms with Crippen LogP contribution in [0.4, 0.5) is 0 Å². The third-order valence-electron chi connectivity index (χ3n) is 4.02. The fourth-order valence-corrected chi connectivity index (χ4v) is 2.54. The average Bonchev–Trinajstić information content (AvgIpc) is 2.55. The first-order valence-electron chi connectivity index (χ1n) is 7.17. The highest BCUT2D eigenvalue weighted by Crippen LogP contribution is 2.27. The highest BCUT2D eigenvalue weighted by Gasteiger charge is 2.49. The lowest BCUT2D eigenvalue weighted by molar-refractivity contribution is -0.374. The van der Waals surface area contributed by atoms with Gasteiger partial charge in [0.25, 0.3) is 0 Å². The largest absolute Gasteiger partial charge is 0.394 e. The third-order valence-corrected chi connectivity index (χ3v) is 4.02. The van der Waals surface area contributed by atoms with Gasteiger partial charge in [-0.05, 0) is 0 Å². The molecule has 2 rings (SSSR count). The Balaban J connectivity index is 2.07. The van der Waals surface area contributed by atoms with Crippen LogP contribution in [0.1, 0.15) is 0 Å². The van der Waals surface area contributed by atoms with Gasteiger partial charge in [0.2, 0.25) is 0 Å². The van der Waals surface area contributed by atoms with Crippen LogP contribution >= 0.6 is 0 Å². The van der Waals surface area contributed by atoms with Gasteiger partial charge in [-0.3, -0.25) is 0 Å². The van der Waals surface area contributed by atoms with Gasteiger partial charge in [0.1, 0.15) is 48.8 Å². The SMILES string of the molecule is NCC1O[C@H](O[C@H]2OC(CO)[C@@H](O)C(O)[C@H]2O)C(O)[C@@H](O)[C@@H]1O. The van der Waals surface area contributed by atoms with Gasteiger partial charge in [0, 0.05) is 6.54 Å². The van der Waals surface area contributed by atoms with E-state index in [1.807, 2.05) is 0 Å². The predicted octanol–water partition coefficient (Wildman–Crippen LogP) is -5.43. The lowest BCUT2D eigenvalue weighted by Crippen LogP contribution is -2.64. The van der Waals surface area contributed by atoms with E-state index in [1.54, 1.807) is 0 Å². The highest BCUT2D eigenvalue weighted by molar-refractivity contribution is 4.92. The molecule has 10 atom stereocenters. The van der Waals surface area contributed by atoms with Gasteiger partial charge in [-0.15, -0.1) is 0 Å². The summed E-state index contributed by atoms with van der Waals surface area (Å²) in [6.07, 6.45) is -14.9. The molecule has 0 aromatic rings. The molecule has 0 saturated carbocycles. The Hall–Kier alpha value is -0.440. The van der Waals surface area contributed by atoms with Crippen molar-refractivity contribution in [1.82, 2.24) is 0 Å². The number of rotatable bonds is 4.